The molecule has 0 aliphatic heterocycles. The van der Waals surface area contributed by atoms with Gasteiger partial charge in [0.2, 0.25) is 0 Å². The lowest BCUT2D eigenvalue weighted by molar-refractivity contribution is 1.18. The smallest absolute Gasteiger partial charge is 0.116 e. The molecule has 2 nitrogen and oxygen atoms in total. The third-order valence-corrected chi connectivity index (χ3v) is 7.36. The number of anilines is 3. The molecule has 2 radical (unpaired) electrons. The van der Waals surface area contributed by atoms with Crippen LogP contribution in [-0.4, -0.2) is 12.4 Å². The van der Waals surface area contributed by atoms with Crippen LogP contribution < -0.4 is 10.4 Å². The van der Waals surface area contributed by atoms with Crippen molar-refractivity contribution in [3.05, 3.63) is 152 Å². The molecular formula is C36H25BN2. The minimum absolute atomic E-state index is 0.742. The Balaban J connectivity index is 1.25. The summed E-state index contributed by atoms with van der Waals surface area (Å²) in [5, 5.41) is 2.55. The van der Waals surface area contributed by atoms with Crippen molar-refractivity contribution in [1.82, 2.24) is 4.57 Å². The lowest BCUT2D eigenvalue weighted by atomic mass is 9.93. The van der Waals surface area contributed by atoms with E-state index < -0.39 is 0 Å². The minimum Gasteiger partial charge on any atom is -0.311 e. The van der Waals surface area contributed by atoms with Gasteiger partial charge in [0.15, 0.2) is 0 Å². The van der Waals surface area contributed by atoms with Gasteiger partial charge in [-0.15, -0.1) is 0 Å². The molecule has 0 spiro atoms. The van der Waals surface area contributed by atoms with Crippen molar-refractivity contribution < 1.29 is 0 Å². The Morgan fingerprint density at radius 1 is 0.436 bits per heavy atom. The normalized spacial score (nSPS) is 11.2. The molecule has 39 heavy (non-hydrogen) atoms. The maximum absolute atomic E-state index is 6.40. The first-order valence-electron chi connectivity index (χ1n) is 13.2. The van der Waals surface area contributed by atoms with Crippen molar-refractivity contribution in [2.24, 2.45) is 0 Å². The van der Waals surface area contributed by atoms with Gasteiger partial charge in [0.1, 0.15) is 7.85 Å². The van der Waals surface area contributed by atoms with Crippen molar-refractivity contribution in [3.63, 3.8) is 0 Å². The Hall–Kier alpha value is -5.02. The maximum Gasteiger partial charge on any atom is 0.116 e. The molecule has 1 aromatic heterocycles. The molecule has 6 aromatic carbocycles. The van der Waals surface area contributed by atoms with Gasteiger partial charge in [0.25, 0.3) is 0 Å². The van der Waals surface area contributed by atoms with Crippen molar-refractivity contribution in [3.8, 4) is 16.8 Å². The van der Waals surface area contributed by atoms with E-state index in [-0.39, 0.29) is 0 Å². The molecular weight excluding hydrogens is 471 g/mol. The second-order valence-corrected chi connectivity index (χ2v) is 9.69. The fourth-order valence-electron chi connectivity index (χ4n) is 5.50. The second kappa shape index (κ2) is 9.70. The summed E-state index contributed by atoms with van der Waals surface area (Å²) in [4.78, 5) is 2.20. The molecule has 0 amide bonds. The van der Waals surface area contributed by atoms with Gasteiger partial charge >= 0.3 is 0 Å². The molecule has 182 valence electrons. The van der Waals surface area contributed by atoms with Gasteiger partial charge < -0.3 is 9.47 Å². The average Bonchev–Trinajstić information content (AvgIpc) is 3.34. The van der Waals surface area contributed by atoms with Crippen LogP contribution in [0.2, 0.25) is 0 Å². The second-order valence-electron chi connectivity index (χ2n) is 9.69. The SMILES string of the molecule is [B]c1ccccc1N(c1ccccc1)c1ccc(-c2ccc(-n3c4ccccc4c4ccccc43)cc2)cc1. The monoisotopic (exact) mass is 496 g/mol. The molecule has 3 heteroatoms. The van der Waals surface area contributed by atoms with Gasteiger partial charge in [-0.3, -0.25) is 0 Å². The summed E-state index contributed by atoms with van der Waals surface area (Å²) in [6.07, 6.45) is 0. The van der Waals surface area contributed by atoms with Crippen LogP contribution >= 0.6 is 0 Å². The predicted molar refractivity (Wildman–Crippen MR) is 166 cm³/mol. The fraction of sp³-hybridized carbons (Fsp3) is 0. The Bertz CT molecular complexity index is 1850. The first-order valence-corrected chi connectivity index (χ1v) is 13.2. The van der Waals surface area contributed by atoms with Crippen molar-refractivity contribution in [2.45, 2.75) is 0 Å². The van der Waals surface area contributed by atoms with Crippen LogP contribution in [0, 0.1) is 0 Å². The third-order valence-electron chi connectivity index (χ3n) is 7.36. The molecule has 1 heterocycles. The maximum atomic E-state index is 6.40. The average molecular weight is 496 g/mol. The standard InChI is InChI=1S/C36H25BN2/c37-33-14-6-9-17-36(33)38(28-10-2-1-3-11-28)29-22-18-26(19-23-29)27-20-24-30(25-21-27)39-34-15-7-4-12-31(34)32-13-5-8-16-35(32)39/h1-25H. The Morgan fingerprint density at radius 3 is 1.54 bits per heavy atom. The zero-order chi connectivity index (χ0) is 26.2. The number of aromatic nitrogens is 1. The number of hydrogen-bond donors (Lipinski definition) is 0. The van der Waals surface area contributed by atoms with Gasteiger partial charge in [0, 0.05) is 33.5 Å². The van der Waals surface area contributed by atoms with Crippen molar-refractivity contribution in [1.29, 1.82) is 0 Å². The summed E-state index contributed by atoms with van der Waals surface area (Å²) < 4.78 is 2.35. The van der Waals surface area contributed by atoms with Gasteiger partial charge in [-0.05, 0) is 65.7 Å². The summed E-state index contributed by atoms with van der Waals surface area (Å²) in [5.74, 6) is 0. The van der Waals surface area contributed by atoms with Gasteiger partial charge in [0.05, 0.1) is 11.0 Å². The van der Waals surface area contributed by atoms with Gasteiger partial charge in [-0.25, -0.2) is 0 Å². The number of rotatable bonds is 5. The van der Waals surface area contributed by atoms with Crippen LogP contribution in [0.5, 0.6) is 0 Å². The number of benzene rings is 6. The summed E-state index contributed by atoms with van der Waals surface area (Å²) in [6, 6.07) is 53.1. The van der Waals surface area contributed by atoms with Crippen LogP contribution in [-0.2, 0) is 0 Å². The lowest BCUT2D eigenvalue weighted by Gasteiger charge is -2.27. The minimum atomic E-state index is 0.742. The first-order chi connectivity index (χ1) is 19.3. The predicted octanol–water partition coefficient (Wildman–Crippen LogP) is 8.71. The van der Waals surface area contributed by atoms with E-state index in [4.69, 9.17) is 7.85 Å². The molecule has 0 saturated carbocycles. The van der Waals surface area contributed by atoms with E-state index >= 15 is 0 Å². The van der Waals surface area contributed by atoms with Crippen LogP contribution in [0.1, 0.15) is 0 Å². The zero-order valence-electron chi connectivity index (χ0n) is 21.4. The summed E-state index contributed by atoms with van der Waals surface area (Å²) in [7, 11) is 6.40. The van der Waals surface area contributed by atoms with Crippen molar-refractivity contribution in [2.75, 3.05) is 4.90 Å². The number of nitrogens with zero attached hydrogens (tertiary/aromatic N) is 2. The molecule has 0 bridgehead atoms. The Kier molecular flexibility index (Phi) is 5.75. The first kappa shape index (κ1) is 23.1. The summed E-state index contributed by atoms with van der Waals surface area (Å²) in [5.41, 5.74) is 9.77. The molecule has 0 unspecified atom stereocenters. The van der Waals surface area contributed by atoms with E-state index in [0.29, 0.717) is 0 Å². The van der Waals surface area contributed by atoms with Crippen LogP contribution in [0.15, 0.2) is 152 Å². The number of hydrogen-bond acceptors (Lipinski definition) is 1. The quantitative estimate of drug-likeness (QED) is 0.216. The van der Waals surface area contributed by atoms with Gasteiger partial charge in [-0.2, -0.15) is 0 Å². The van der Waals surface area contributed by atoms with E-state index in [1.54, 1.807) is 0 Å². The van der Waals surface area contributed by atoms with E-state index in [1.807, 2.05) is 24.3 Å². The molecule has 0 N–H and O–H groups in total. The molecule has 0 aliphatic carbocycles. The zero-order valence-corrected chi connectivity index (χ0v) is 21.4. The van der Waals surface area contributed by atoms with E-state index in [9.17, 15) is 0 Å². The molecule has 0 aliphatic rings. The number of fused-ring (bicyclic) bond motifs is 3. The largest absolute Gasteiger partial charge is 0.311 e. The highest BCUT2D eigenvalue weighted by Gasteiger charge is 2.14. The molecule has 0 fully saturated rings. The Morgan fingerprint density at radius 2 is 0.923 bits per heavy atom. The Labute approximate surface area is 229 Å². The molecule has 0 saturated heterocycles. The van der Waals surface area contributed by atoms with E-state index in [2.05, 4.69) is 137 Å². The summed E-state index contributed by atoms with van der Waals surface area (Å²) >= 11 is 0. The van der Waals surface area contributed by atoms with Crippen LogP contribution in [0.25, 0.3) is 38.6 Å². The highest BCUT2D eigenvalue weighted by atomic mass is 15.1. The van der Waals surface area contributed by atoms with E-state index in [0.717, 1.165) is 28.2 Å². The van der Waals surface area contributed by atoms with Crippen LogP contribution in [0.3, 0.4) is 0 Å². The van der Waals surface area contributed by atoms with E-state index in [1.165, 1.54) is 32.9 Å². The third kappa shape index (κ3) is 4.09. The fourth-order valence-corrected chi connectivity index (χ4v) is 5.50. The molecule has 7 aromatic rings. The topological polar surface area (TPSA) is 8.17 Å². The van der Waals surface area contributed by atoms with Gasteiger partial charge in [-0.1, -0.05) is 103 Å². The van der Waals surface area contributed by atoms with Crippen LogP contribution in [0.4, 0.5) is 17.1 Å². The molecule has 0 atom stereocenters. The lowest BCUT2D eigenvalue weighted by Crippen LogP contribution is -2.18. The highest BCUT2D eigenvalue weighted by Crippen LogP contribution is 2.35. The number of para-hydroxylation sites is 4. The summed E-state index contributed by atoms with van der Waals surface area (Å²) in [6.45, 7) is 0. The highest BCUT2D eigenvalue weighted by molar-refractivity contribution is 6.36. The molecule has 7 rings (SSSR count). The van der Waals surface area contributed by atoms with Crippen molar-refractivity contribution >= 4 is 52.2 Å².